The monoisotopic (exact) mass is 344 g/mol. The topological polar surface area (TPSA) is 42.0 Å². The zero-order chi connectivity index (χ0) is 13.3. The SMILES string of the molecule is Cc1nc(C)c(C(=O)Nc2cc(Br)ccc2Cl)s1. The number of benzene rings is 1. The van der Waals surface area contributed by atoms with Gasteiger partial charge >= 0.3 is 0 Å². The fourth-order valence-electron chi connectivity index (χ4n) is 1.51. The Kier molecular flexibility index (Phi) is 4.04. The van der Waals surface area contributed by atoms with E-state index in [1.54, 1.807) is 12.1 Å². The molecule has 1 aromatic heterocycles. The maximum atomic E-state index is 12.1. The number of amides is 1. The molecule has 94 valence electrons. The van der Waals surface area contributed by atoms with E-state index in [4.69, 9.17) is 11.6 Å². The summed E-state index contributed by atoms with van der Waals surface area (Å²) in [6, 6.07) is 5.32. The Bertz CT molecular complexity index is 612. The molecule has 2 aromatic rings. The standard InChI is InChI=1S/C12H10BrClN2OS/c1-6-11(18-7(2)15-6)12(17)16-10-5-8(13)3-4-9(10)14/h3-5H,1-2H3,(H,16,17). The zero-order valence-electron chi connectivity index (χ0n) is 9.75. The lowest BCUT2D eigenvalue weighted by atomic mass is 10.3. The van der Waals surface area contributed by atoms with Gasteiger partial charge in [0, 0.05) is 4.47 Å². The minimum atomic E-state index is -0.182. The second kappa shape index (κ2) is 5.38. The van der Waals surface area contributed by atoms with E-state index in [2.05, 4.69) is 26.2 Å². The molecular weight excluding hydrogens is 336 g/mol. The second-order valence-corrected chi connectivity index (χ2v) is 6.25. The zero-order valence-corrected chi connectivity index (χ0v) is 12.9. The first-order chi connectivity index (χ1) is 8.47. The van der Waals surface area contributed by atoms with Crippen molar-refractivity contribution in [2.45, 2.75) is 13.8 Å². The van der Waals surface area contributed by atoms with Crippen LogP contribution in [0.2, 0.25) is 5.02 Å². The van der Waals surface area contributed by atoms with Crippen LogP contribution in [0.3, 0.4) is 0 Å². The maximum absolute atomic E-state index is 12.1. The van der Waals surface area contributed by atoms with Crippen molar-refractivity contribution < 1.29 is 4.79 Å². The Morgan fingerprint density at radius 1 is 1.44 bits per heavy atom. The van der Waals surface area contributed by atoms with Crippen molar-refractivity contribution in [1.29, 1.82) is 0 Å². The molecule has 2 rings (SSSR count). The number of rotatable bonds is 2. The van der Waals surface area contributed by atoms with Crippen molar-refractivity contribution >= 4 is 50.5 Å². The molecule has 0 aliphatic heterocycles. The van der Waals surface area contributed by atoms with Crippen LogP contribution in [0.1, 0.15) is 20.4 Å². The number of hydrogen-bond acceptors (Lipinski definition) is 3. The number of nitrogens with zero attached hydrogens (tertiary/aromatic N) is 1. The lowest BCUT2D eigenvalue weighted by Crippen LogP contribution is -2.11. The van der Waals surface area contributed by atoms with Gasteiger partial charge in [-0.25, -0.2) is 4.98 Å². The lowest BCUT2D eigenvalue weighted by Gasteiger charge is -2.06. The third-order valence-corrected chi connectivity index (χ3v) is 4.18. The van der Waals surface area contributed by atoms with E-state index in [0.717, 1.165) is 15.2 Å². The van der Waals surface area contributed by atoms with Crippen molar-refractivity contribution in [2.75, 3.05) is 5.32 Å². The van der Waals surface area contributed by atoms with Crippen molar-refractivity contribution in [3.63, 3.8) is 0 Å². The van der Waals surface area contributed by atoms with Crippen LogP contribution in [0.5, 0.6) is 0 Å². The number of aryl methyl sites for hydroxylation is 2. The summed E-state index contributed by atoms with van der Waals surface area (Å²) in [4.78, 5) is 16.9. The van der Waals surface area contributed by atoms with E-state index in [9.17, 15) is 4.79 Å². The molecule has 0 bridgehead atoms. The quantitative estimate of drug-likeness (QED) is 0.875. The summed E-state index contributed by atoms with van der Waals surface area (Å²) in [6.45, 7) is 3.70. The first-order valence-corrected chi connectivity index (χ1v) is 7.16. The highest BCUT2D eigenvalue weighted by Gasteiger charge is 2.15. The number of thiazole rings is 1. The third kappa shape index (κ3) is 2.91. The smallest absolute Gasteiger partial charge is 0.267 e. The predicted octanol–water partition coefficient (Wildman–Crippen LogP) is 4.43. The molecule has 1 aromatic carbocycles. The molecule has 1 amide bonds. The van der Waals surface area contributed by atoms with Crippen LogP contribution in [0, 0.1) is 13.8 Å². The van der Waals surface area contributed by atoms with Gasteiger partial charge in [-0.1, -0.05) is 27.5 Å². The number of carbonyl (C=O) groups excluding carboxylic acids is 1. The normalized spacial score (nSPS) is 10.4. The van der Waals surface area contributed by atoms with Crippen LogP contribution in [0.25, 0.3) is 0 Å². The molecule has 0 fully saturated rings. The van der Waals surface area contributed by atoms with Gasteiger partial charge in [-0.15, -0.1) is 11.3 Å². The second-order valence-electron chi connectivity index (χ2n) is 3.73. The number of hydrogen-bond donors (Lipinski definition) is 1. The van der Waals surface area contributed by atoms with Gasteiger partial charge in [0.15, 0.2) is 0 Å². The van der Waals surface area contributed by atoms with Gasteiger partial charge in [0.2, 0.25) is 0 Å². The molecule has 1 N–H and O–H groups in total. The van der Waals surface area contributed by atoms with Crippen LogP contribution in [-0.2, 0) is 0 Å². The molecule has 0 saturated carbocycles. The van der Waals surface area contributed by atoms with Crippen LogP contribution in [0.4, 0.5) is 5.69 Å². The highest BCUT2D eigenvalue weighted by molar-refractivity contribution is 9.10. The molecule has 1 heterocycles. The molecule has 0 aliphatic rings. The summed E-state index contributed by atoms with van der Waals surface area (Å²) in [5, 5.41) is 4.17. The number of nitrogens with one attached hydrogen (secondary N) is 1. The summed E-state index contributed by atoms with van der Waals surface area (Å²) in [6.07, 6.45) is 0. The van der Waals surface area contributed by atoms with Crippen molar-refractivity contribution in [3.8, 4) is 0 Å². The summed E-state index contributed by atoms with van der Waals surface area (Å²) in [5.41, 5.74) is 1.32. The van der Waals surface area contributed by atoms with E-state index in [-0.39, 0.29) is 5.91 Å². The van der Waals surface area contributed by atoms with Gasteiger partial charge in [0.05, 0.1) is 21.4 Å². The van der Waals surface area contributed by atoms with E-state index in [1.807, 2.05) is 19.9 Å². The van der Waals surface area contributed by atoms with Crippen LogP contribution >= 0.6 is 38.9 Å². The Labute approximate surface area is 122 Å². The highest BCUT2D eigenvalue weighted by atomic mass is 79.9. The first kappa shape index (κ1) is 13.5. The lowest BCUT2D eigenvalue weighted by molar-refractivity contribution is 0.103. The van der Waals surface area contributed by atoms with Gasteiger partial charge in [-0.2, -0.15) is 0 Å². The molecule has 0 aliphatic carbocycles. The Balaban J connectivity index is 2.26. The third-order valence-electron chi connectivity index (χ3n) is 2.29. The number of anilines is 1. The minimum absolute atomic E-state index is 0.182. The van der Waals surface area contributed by atoms with E-state index >= 15 is 0 Å². The Hall–Kier alpha value is -0.910. The number of aromatic nitrogens is 1. The number of carbonyl (C=O) groups is 1. The molecule has 0 radical (unpaired) electrons. The molecule has 0 spiro atoms. The maximum Gasteiger partial charge on any atom is 0.267 e. The van der Waals surface area contributed by atoms with Gasteiger partial charge in [0.1, 0.15) is 4.88 Å². The van der Waals surface area contributed by atoms with Crippen molar-refractivity contribution in [1.82, 2.24) is 4.98 Å². The van der Waals surface area contributed by atoms with Crippen LogP contribution < -0.4 is 5.32 Å². The van der Waals surface area contributed by atoms with Crippen LogP contribution in [0.15, 0.2) is 22.7 Å². The molecule has 0 unspecified atom stereocenters. The van der Waals surface area contributed by atoms with Gasteiger partial charge in [0.25, 0.3) is 5.91 Å². The summed E-state index contributed by atoms with van der Waals surface area (Å²) in [7, 11) is 0. The van der Waals surface area contributed by atoms with Crippen LogP contribution in [-0.4, -0.2) is 10.9 Å². The largest absolute Gasteiger partial charge is 0.320 e. The van der Waals surface area contributed by atoms with Crippen molar-refractivity contribution in [2.24, 2.45) is 0 Å². The fourth-order valence-corrected chi connectivity index (χ4v) is 2.86. The van der Waals surface area contributed by atoms with E-state index in [1.165, 1.54) is 11.3 Å². The first-order valence-electron chi connectivity index (χ1n) is 5.18. The molecule has 3 nitrogen and oxygen atoms in total. The van der Waals surface area contributed by atoms with Crippen molar-refractivity contribution in [3.05, 3.63) is 43.3 Å². The summed E-state index contributed by atoms with van der Waals surface area (Å²) < 4.78 is 0.861. The van der Waals surface area contributed by atoms with E-state index in [0.29, 0.717) is 15.6 Å². The molecular formula is C12H10BrClN2OS. The van der Waals surface area contributed by atoms with Gasteiger partial charge in [-0.05, 0) is 32.0 Å². The Morgan fingerprint density at radius 2 is 2.17 bits per heavy atom. The summed E-state index contributed by atoms with van der Waals surface area (Å²) >= 11 is 10.7. The molecule has 6 heteroatoms. The fraction of sp³-hybridized carbons (Fsp3) is 0.167. The van der Waals surface area contributed by atoms with Gasteiger partial charge < -0.3 is 5.32 Å². The predicted molar refractivity (Wildman–Crippen MR) is 78.7 cm³/mol. The average molecular weight is 346 g/mol. The summed E-state index contributed by atoms with van der Waals surface area (Å²) in [5.74, 6) is -0.182. The average Bonchev–Trinajstić information content (AvgIpc) is 2.63. The Morgan fingerprint density at radius 3 is 2.78 bits per heavy atom. The van der Waals surface area contributed by atoms with Gasteiger partial charge in [-0.3, -0.25) is 4.79 Å². The minimum Gasteiger partial charge on any atom is -0.320 e. The van der Waals surface area contributed by atoms with E-state index < -0.39 is 0 Å². The molecule has 0 atom stereocenters. The number of halogens is 2. The highest BCUT2D eigenvalue weighted by Crippen LogP contribution is 2.27. The molecule has 18 heavy (non-hydrogen) atoms. The molecule has 0 saturated heterocycles.